The molecule has 18 heavy (non-hydrogen) atoms. The standard InChI is InChI=1S/C14H12BrF2N/c1-18-8-9-7-10(16)5-6-11(9)12-3-2-4-13(15)14(12)17/h2-7,18H,8H2,1H3. The Morgan fingerprint density at radius 3 is 2.61 bits per heavy atom. The number of hydrogen-bond acceptors (Lipinski definition) is 1. The van der Waals surface area contributed by atoms with Crippen LogP contribution in [0.5, 0.6) is 0 Å². The van der Waals surface area contributed by atoms with Gasteiger partial charge in [0, 0.05) is 12.1 Å². The molecule has 0 aliphatic rings. The van der Waals surface area contributed by atoms with Crippen molar-refractivity contribution < 1.29 is 8.78 Å². The summed E-state index contributed by atoms with van der Waals surface area (Å²) in [5, 5.41) is 2.95. The number of rotatable bonds is 3. The summed E-state index contributed by atoms with van der Waals surface area (Å²) in [6.45, 7) is 0.485. The topological polar surface area (TPSA) is 12.0 Å². The lowest BCUT2D eigenvalue weighted by atomic mass is 9.99. The molecule has 2 rings (SSSR count). The van der Waals surface area contributed by atoms with Crippen LogP contribution in [-0.2, 0) is 6.54 Å². The Hall–Kier alpha value is -1.26. The molecule has 0 heterocycles. The number of halogens is 3. The van der Waals surface area contributed by atoms with Gasteiger partial charge in [-0.3, -0.25) is 0 Å². The highest BCUT2D eigenvalue weighted by Gasteiger charge is 2.12. The SMILES string of the molecule is CNCc1cc(F)ccc1-c1cccc(Br)c1F. The minimum absolute atomic E-state index is 0.320. The molecule has 0 atom stereocenters. The van der Waals surface area contributed by atoms with E-state index in [1.807, 2.05) is 0 Å². The minimum Gasteiger partial charge on any atom is -0.316 e. The van der Waals surface area contributed by atoms with Crippen molar-refractivity contribution in [3.8, 4) is 11.1 Å². The van der Waals surface area contributed by atoms with Crippen LogP contribution in [0.15, 0.2) is 40.9 Å². The first kappa shape index (κ1) is 13.2. The highest BCUT2D eigenvalue weighted by molar-refractivity contribution is 9.10. The smallest absolute Gasteiger partial charge is 0.145 e. The largest absolute Gasteiger partial charge is 0.316 e. The van der Waals surface area contributed by atoms with Gasteiger partial charge in [0.15, 0.2) is 0 Å². The third-order valence-corrected chi connectivity index (χ3v) is 3.29. The summed E-state index contributed by atoms with van der Waals surface area (Å²) in [5.41, 5.74) is 1.90. The molecule has 0 aromatic heterocycles. The molecule has 2 aromatic carbocycles. The Morgan fingerprint density at radius 1 is 1.11 bits per heavy atom. The zero-order valence-corrected chi connectivity index (χ0v) is 11.4. The van der Waals surface area contributed by atoms with Crippen molar-refractivity contribution in [2.24, 2.45) is 0 Å². The molecule has 0 aliphatic carbocycles. The molecular weight excluding hydrogens is 300 g/mol. The molecule has 4 heteroatoms. The molecule has 94 valence electrons. The Kier molecular flexibility index (Phi) is 4.09. The van der Waals surface area contributed by atoms with Crippen LogP contribution in [0, 0.1) is 11.6 Å². The second-order valence-electron chi connectivity index (χ2n) is 3.93. The quantitative estimate of drug-likeness (QED) is 0.899. The predicted octanol–water partition coefficient (Wildman–Crippen LogP) is 4.11. The molecule has 0 amide bonds. The summed E-state index contributed by atoms with van der Waals surface area (Å²) >= 11 is 3.16. The predicted molar refractivity (Wildman–Crippen MR) is 72.3 cm³/mol. The van der Waals surface area contributed by atoms with E-state index in [9.17, 15) is 8.78 Å². The van der Waals surface area contributed by atoms with Crippen LogP contribution in [0.2, 0.25) is 0 Å². The van der Waals surface area contributed by atoms with Crippen molar-refractivity contribution in [2.45, 2.75) is 6.54 Å². The fraction of sp³-hybridized carbons (Fsp3) is 0.143. The van der Waals surface area contributed by atoms with E-state index in [0.717, 1.165) is 5.56 Å². The van der Waals surface area contributed by atoms with Crippen molar-refractivity contribution >= 4 is 15.9 Å². The molecule has 0 spiro atoms. The molecule has 0 radical (unpaired) electrons. The maximum atomic E-state index is 14.0. The Labute approximate surface area is 113 Å². The minimum atomic E-state index is -0.332. The Balaban J connectivity index is 2.59. The third kappa shape index (κ3) is 2.60. The van der Waals surface area contributed by atoms with Gasteiger partial charge in [-0.25, -0.2) is 8.78 Å². The van der Waals surface area contributed by atoms with Crippen molar-refractivity contribution in [1.29, 1.82) is 0 Å². The van der Waals surface area contributed by atoms with Gasteiger partial charge >= 0.3 is 0 Å². The highest BCUT2D eigenvalue weighted by atomic mass is 79.9. The van der Waals surface area contributed by atoms with Gasteiger partial charge in [0.2, 0.25) is 0 Å². The van der Waals surface area contributed by atoms with E-state index in [4.69, 9.17) is 0 Å². The van der Waals surface area contributed by atoms with Gasteiger partial charge < -0.3 is 5.32 Å². The second kappa shape index (κ2) is 5.59. The molecule has 0 fully saturated rings. The van der Waals surface area contributed by atoms with Gasteiger partial charge in [-0.2, -0.15) is 0 Å². The monoisotopic (exact) mass is 311 g/mol. The Morgan fingerprint density at radius 2 is 1.89 bits per heavy atom. The molecule has 0 saturated carbocycles. The van der Waals surface area contributed by atoms with Crippen LogP contribution < -0.4 is 5.32 Å². The van der Waals surface area contributed by atoms with Crippen molar-refractivity contribution in [2.75, 3.05) is 7.05 Å². The fourth-order valence-electron chi connectivity index (χ4n) is 1.87. The summed E-state index contributed by atoms with van der Waals surface area (Å²) in [6.07, 6.45) is 0. The fourth-order valence-corrected chi connectivity index (χ4v) is 2.24. The summed E-state index contributed by atoms with van der Waals surface area (Å²) in [6, 6.07) is 9.45. The highest BCUT2D eigenvalue weighted by Crippen LogP contribution is 2.30. The molecule has 0 saturated heterocycles. The van der Waals surface area contributed by atoms with Crippen LogP contribution in [0.1, 0.15) is 5.56 Å². The maximum Gasteiger partial charge on any atom is 0.145 e. The second-order valence-corrected chi connectivity index (χ2v) is 4.79. The average molecular weight is 312 g/mol. The van der Waals surface area contributed by atoms with Crippen LogP contribution in [-0.4, -0.2) is 7.05 Å². The zero-order valence-electron chi connectivity index (χ0n) is 9.81. The molecule has 0 unspecified atom stereocenters. The summed E-state index contributed by atoms with van der Waals surface area (Å²) in [4.78, 5) is 0. The normalized spacial score (nSPS) is 10.7. The molecule has 2 aromatic rings. The van der Waals surface area contributed by atoms with Crippen molar-refractivity contribution in [3.05, 3.63) is 58.1 Å². The number of nitrogens with one attached hydrogen (secondary N) is 1. The first-order chi connectivity index (χ1) is 8.63. The molecule has 1 N–H and O–H groups in total. The van der Waals surface area contributed by atoms with E-state index < -0.39 is 0 Å². The molecular formula is C14H12BrF2N. The number of hydrogen-bond donors (Lipinski definition) is 1. The van der Waals surface area contributed by atoms with E-state index in [0.29, 0.717) is 22.1 Å². The van der Waals surface area contributed by atoms with Gasteiger partial charge in [-0.05, 0) is 52.3 Å². The van der Waals surface area contributed by atoms with Gasteiger partial charge in [-0.1, -0.05) is 18.2 Å². The van der Waals surface area contributed by atoms with Crippen LogP contribution in [0.4, 0.5) is 8.78 Å². The molecule has 0 bridgehead atoms. The number of benzene rings is 2. The van der Waals surface area contributed by atoms with Crippen molar-refractivity contribution in [1.82, 2.24) is 5.32 Å². The first-order valence-electron chi connectivity index (χ1n) is 5.51. The average Bonchev–Trinajstić information content (AvgIpc) is 2.34. The van der Waals surface area contributed by atoms with Crippen LogP contribution in [0.25, 0.3) is 11.1 Å². The van der Waals surface area contributed by atoms with E-state index in [2.05, 4.69) is 21.2 Å². The van der Waals surface area contributed by atoms with Crippen LogP contribution in [0.3, 0.4) is 0 Å². The molecule has 1 nitrogen and oxygen atoms in total. The van der Waals surface area contributed by atoms with Crippen molar-refractivity contribution in [3.63, 3.8) is 0 Å². The summed E-state index contributed by atoms with van der Waals surface area (Å²) in [7, 11) is 1.77. The Bertz CT molecular complexity index is 570. The summed E-state index contributed by atoms with van der Waals surface area (Å²) < 4.78 is 27.7. The van der Waals surface area contributed by atoms with E-state index in [1.54, 1.807) is 31.3 Å². The van der Waals surface area contributed by atoms with E-state index in [1.165, 1.54) is 12.1 Å². The van der Waals surface area contributed by atoms with Gasteiger partial charge in [0.1, 0.15) is 11.6 Å². The van der Waals surface area contributed by atoms with E-state index >= 15 is 0 Å². The zero-order chi connectivity index (χ0) is 13.1. The third-order valence-electron chi connectivity index (χ3n) is 2.68. The molecule has 0 aliphatic heterocycles. The lowest BCUT2D eigenvalue weighted by Gasteiger charge is -2.11. The lowest BCUT2D eigenvalue weighted by molar-refractivity contribution is 0.619. The first-order valence-corrected chi connectivity index (χ1v) is 6.30. The van der Waals surface area contributed by atoms with Gasteiger partial charge in [0.05, 0.1) is 4.47 Å². The maximum absolute atomic E-state index is 14.0. The lowest BCUT2D eigenvalue weighted by Crippen LogP contribution is -2.07. The van der Waals surface area contributed by atoms with E-state index in [-0.39, 0.29) is 11.6 Å². The summed E-state index contributed by atoms with van der Waals surface area (Å²) in [5.74, 6) is -0.652. The van der Waals surface area contributed by atoms with Crippen LogP contribution >= 0.6 is 15.9 Å². The van der Waals surface area contributed by atoms with Gasteiger partial charge in [-0.15, -0.1) is 0 Å². The van der Waals surface area contributed by atoms with Gasteiger partial charge in [0.25, 0.3) is 0 Å².